The fourth-order valence-electron chi connectivity index (χ4n) is 8.53. The van der Waals surface area contributed by atoms with Crippen LogP contribution in [-0.2, 0) is 19.1 Å². The Labute approximate surface area is 358 Å². The van der Waals surface area contributed by atoms with Crippen LogP contribution in [0.3, 0.4) is 0 Å². The van der Waals surface area contributed by atoms with Gasteiger partial charge in [0.15, 0.2) is 0 Å². The zero-order valence-electron chi connectivity index (χ0n) is 35.0. The molecule has 4 aromatic carbocycles. The van der Waals surface area contributed by atoms with Crippen LogP contribution >= 0.6 is 0 Å². The molecule has 2 aliphatic rings. The molecule has 4 amide bonds. The molecular weight excluding hydrogens is 792 g/mol. The topological polar surface area (TPSA) is 175 Å². The molecule has 2 aliphatic heterocycles. The Morgan fingerprint density at radius 2 is 1.16 bits per heavy atom. The monoisotopic (exact) mass is 840 g/mol. The van der Waals surface area contributed by atoms with Crippen LogP contribution in [0, 0.1) is 11.7 Å². The zero-order valence-corrected chi connectivity index (χ0v) is 35.0. The molecule has 0 radical (unpaired) electrons. The average molecular weight is 841 g/mol. The lowest BCUT2D eigenvalue weighted by Crippen LogP contribution is -2.51. The van der Waals surface area contributed by atoms with Crippen molar-refractivity contribution in [1.82, 2.24) is 40.4 Å². The molecule has 320 valence electrons. The largest absolute Gasteiger partial charge is 0.453 e. The van der Waals surface area contributed by atoms with Gasteiger partial charge in [-0.05, 0) is 88.9 Å². The van der Waals surface area contributed by atoms with Crippen LogP contribution in [0.25, 0.3) is 44.4 Å². The number of H-pyrrole nitrogens is 2. The first kappa shape index (κ1) is 41.7. The van der Waals surface area contributed by atoms with E-state index in [2.05, 4.69) is 74.1 Å². The third-order valence-corrected chi connectivity index (χ3v) is 11.9. The highest BCUT2D eigenvalue weighted by atomic mass is 19.1. The molecule has 14 nitrogen and oxygen atoms in total. The molecule has 4 N–H and O–H groups in total. The van der Waals surface area contributed by atoms with Gasteiger partial charge >= 0.3 is 12.2 Å². The number of carbonyl (C=O) groups is 4. The molecule has 0 saturated carbocycles. The van der Waals surface area contributed by atoms with Crippen molar-refractivity contribution in [3.8, 4) is 33.6 Å². The van der Waals surface area contributed by atoms with Gasteiger partial charge in [0.05, 0.1) is 50.1 Å². The van der Waals surface area contributed by atoms with Crippen LogP contribution in [0.5, 0.6) is 0 Å². The Morgan fingerprint density at radius 1 is 0.661 bits per heavy atom. The summed E-state index contributed by atoms with van der Waals surface area (Å²) in [5.74, 6) is 0.324. The standard InChI is InChI=1S/C47H49FN8O6/c1-27(2)40(53-46(59)61-3)44(57)55-21-5-7-38(55)43-50-26-37(52-43)34-16-15-32-23-31(13-14-33(32)24-34)28-9-11-29(12-10-28)36-25-49-42(51-36)39-8-6-22-56(39)45(58)41(54-47(60)62-4)30-17-19-35(48)20-18-30/h9-20,23-27,38-41H,5-8,21-22H2,1-4H3,(H,49,51)(H,50,52)(H,53,59)(H,54,60)/t38-,39-,40?,41-/m0/s1. The van der Waals surface area contributed by atoms with Crippen molar-refractivity contribution in [2.45, 2.75) is 63.7 Å². The number of carbonyl (C=O) groups excluding carboxylic acids is 4. The number of alkyl carbamates (subject to hydrolysis) is 2. The number of methoxy groups -OCH3 is 2. The number of rotatable bonds is 11. The van der Waals surface area contributed by atoms with E-state index in [1.54, 1.807) is 16.0 Å². The van der Waals surface area contributed by atoms with E-state index in [0.717, 1.165) is 63.7 Å². The van der Waals surface area contributed by atoms with Crippen LogP contribution < -0.4 is 10.6 Å². The van der Waals surface area contributed by atoms with Gasteiger partial charge in [0.25, 0.3) is 5.91 Å². The van der Waals surface area contributed by atoms with Crippen molar-refractivity contribution < 1.29 is 33.0 Å². The summed E-state index contributed by atoms with van der Waals surface area (Å²) in [5, 5.41) is 7.46. The molecule has 15 heteroatoms. The quantitative estimate of drug-likeness (QED) is 0.101. The normalized spacial score (nSPS) is 17.3. The average Bonchev–Trinajstić information content (AvgIpc) is 4.14. The maximum Gasteiger partial charge on any atom is 0.407 e. The summed E-state index contributed by atoms with van der Waals surface area (Å²) in [6, 6.07) is 24.0. The Hall–Kier alpha value is -7.03. The van der Waals surface area contributed by atoms with Gasteiger partial charge < -0.3 is 39.9 Å². The number of nitrogens with one attached hydrogen (secondary N) is 4. The summed E-state index contributed by atoms with van der Waals surface area (Å²) >= 11 is 0. The van der Waals surface area contributed by atoms with E-state index in [1.165, 1.54) is 38.5 Å². The van der Waals surface area contributed by atoms with E-state index < -0.39 is 30.1 Å². The molecule has 2 fully saturated rings. The van der Waals surface area contributed by atoms with E-state index in [4.69, 9.17) is 14.5 Å². The number of imidazole rings is 2. The third-order valence-electron chi connectivity index (χ3n) is 11.9. The molecule has 0 spiro atoms. The van der Waals surface area contributed by atoms with Crippen molar-refractivity contribution in [3.63, 3.8) is 0 Å². The summed E-state index contributed by atoms with van der Waals surface area (Å²) in [7, 11) is 2.51. The molecule has 62 heavy (non-hydrogen) atoms. The molecule has 4 heterocycles. The lowest BCUT2D eigenvalue weighted by Gasteiger charge is -2.30. The van der Waals surface area contributed by atoms with E-state index >= 15 is 0 Å². The third kappa shape index (κ3) is 8.60. The van der Waals surface area contributed by atoms with Gasteiger partial charge in [-0.2, -0.15) is 0 Å². The van der Waals surface area contributed by atoms with Gasteiger partial charge in [0.1, 0.15) is 29.5 Å². The first-order chi connectivity index (χ1) is 30.0. The highest BCUT2D eigenvalue weighted by molar-refractivity contribution is 5.91. The fraction of sp³-hybridized carbons (Fsp3) is 0.319. The number of amides is 4. The first-order valence-corrected chi connectivity index (χ1v) is 20.8. The van der Waals surface area contributed by atoms with E-state index in [0.29, 0.717) is 36.7 Å². The van der Waals surface area contributed by atoms with Crippen molar-refractivity contribution in [1.29, 1.82) is 0 Å². The van der Waals surface area contributed by atoms with Gasteiger partial charge in [-0.25, -0.2) is 23.9 Å². The number of likely N-dealkylation sites (tertiary alicyclic amines) is 2. The number of hydrogen-bond donors (Lipinski definition) is 4. The van der Waals surface area contributed by atoms with Crippen LogP contribution in [0.15, 0.2) is 97.3 Å². The Kier molecular flexibility index (Phi) is 12.0. The number of aromatic amines is 2. The fourth-order valence-corrected chi connectivity index (χ4v) is 8.53. The molecule has 2 saturated heterocycles. The second kappa shape index (κ2) is 17.9. The summed E-state index contributed by atoms with van der Waals surface area (Å²) < 4.78 is 23.3. The number of aromatic nitrogens is 4. The second-order valence-corrected chi connectivity index (χ2v) is 16.1. The number of nitrogens with zero attached hydrogens (tertiary/aromatic N) is 4. The van der Waals surface area contributed by atoms with Crippen LogP contribution in [0.2, 0.25) is 0 Å². The lowest BCUT2D eigenvalue weighted by atomic mass is 9.98. The molecule has 1 unspecified atom stereocenters. The maximum atomic E-state index is 13.9. The molecule has 8 rings (SSSR count). The van der Waals surface area contributed by atoms with Crippen molar-refractivity contribution in [3.05, 3.63) is 120 Å². The minimum atomic E-state index is -1.05. The van der Waals surface area contributed by atoms with Gasteiger partial charge in [-0.3, -0.25) is 9.59 Å². The molecule has 6 aromatic rings. The van der Waals surface area contributed by atoms with Crippen molar-refractivity contribution >= 4 is 34.8 Å². The van der Waals surface area contributed by atoms with Crippen molar-refractivity contribution in [2.75, 3.05) is 27.3 Å². The van der Waals surface area contributed by atoms with Gasteiger partial charge in [-0.15, -0.1) is 0 Å². The number of benzene rings is 4. The predicted octanol–water partition coefficient (Wildman–Crippen LogP) is 8.23. The highest BCUT2D eigenvalue weighted by Gasteiger charge is 2.39. The van der Waals surface area contributed by atoms with Crippen LogP contribution in [0.1, 0.15) is 74.9 Å². The van der Waals surface area contributed by atoms with E-state index in [9.17, 15) is 23.6 Å². The first-order valence-electron chi connectivity index (χ1n) is 20.8. The van der Waals surface area contributed by atoms with Crippen LogP contribution in [0.4, 0.5) is 14.0 Å². The Morgan fingerprint density at radius 3 is 1.74 bits per heavy atom. The summed E-state index contributed by atoms with van der Waals surface area (Å²) in [6.07, 6.45) is 5.24. The maximum absolute atomic E-state index is 13.9. The summed E-state index contributed by atoms with van der Waals surface area (Å²) in [5.41, 5.74) is 6.14. The minimum Gasteiger partial charge on any atom is -0.453 e. The number of hydrogen-bond acceptors (Lipinski definition) is 8. The molecule has 2 aromatic heterocycles. The SMILES string of the molecule is COC(=O)NC(C(=O)N1CCC[C@H]1c1ncc(-c2ccc3cc(-c4ccc(-c5cnc([C@@H]6CCCN6C(=O)[C@@H](NC(=O)OC)c6ccc(F)cc6)[nH]5)cc4)ccc3c2)[nH]1)C(C)C. The van der Waals surface area contributed by atoms with Crippen molar-refractivity contribution in [2.24, 2.45) is 5.92 Å². The van der Waals surface area contributed by atoms with Gasteiger partial charge in [0.2, 0.25) is 5.91 Å². The number of halogens is 1. The van der Waals surface area contributed by atoms with Gasteiger partial charge in [0, 0.05) is 18.7 Å². The molecule has 4 atom stereocenters. The number of fused-ring (bicyclic) bond motifs is 1. The smallest absolute Gasteiger partial charge is 0.407 e. The number of ether oxygens (including phenoxy) is 2. The second-order valence-electron chi connectivity index (χ2n) is 16.1. The van der Waals surface area contributed by atoms with E-state index in [-0.39, 0.29) is 29.8 Å². The highest BCUT2D eigenvalue weighted by Crippen LogP contribution is 2.36. The molecular formula is C47H49FN8O6. The summed E-state index contributed by atoms with van der Waals surface area (Å²) in [6.45, 7) is 4.86. The molecule has 0 bridgehead atoms. The summed E-state index contributed by atoms with van der Waals surface area (Å²) in [4.78, 5) is 71.5. The van der Waals surface area contributed by atoms with Crippen LogP contribution in [-0.4, -0.2) is 87.1 Å². The van der Waals surface area contributed by atoms with Gasteiger partial charge in [-0.1, -0.05) is 74.5 Å². The Balaban J connectivity index is 0.942. The zero-order chi connectivity index (χ0) is 43.5. The minimum absolute atomic E-state index is 0.115. The lowest BCUT2D eigenvalue weighted by molar-refractivity contribution is -0.135. The predicted molar refractivity (Wildman–Crippen MR) is 231 cm³/mol. The Bertz CT molecular complexity index is 2590. The van der Waals surface area contributed by atoms with E-state index in [1.807, 2.05) is 32.2 Å². The molecule has 0 aliphatic carbocycles.